The van der Waals surface area contributed by atoms with Crippen molar-refractivity contribution in [3.05, 3.63) is 24.3 Å². The van der Waals surface area contributed by atoms with Crippen LogP contribution in [0.1, 0.15) is 239 Å². The van der Waals surface area contributed by atoms with Gasteiger partial charge in [-0.1, -0.05) is 173 Å². The third-order valence-electron chi connectivity index (χ3n) is 10.9. The Balaban J connectivity index is 4.87. The molecule has 0 aromatic rings. The van der Waals surface area contributed by atoms with E-state index in [1.807, 2.05) is 0 Å². The summed E-state index contributed by atoms with van der Waals surface area (Å²) in [7, 11) is 0. The van der Waals surface area contributed by atoms with E-state index in [0.717, 1.165) is 103 Å². The molecule has 6 nitrogen and oxygen atoms in total. The van der Waals surface area contributed by atoms with Gasteiger partial charge < -0.3 is 15.3 Å². The maximum Gasteiger partial charge on any atom is 0.219 e. The molecule has 0 aliphatic rings. The van der Waals surface area contributed by atoms with Gasteiger partial charge in [0.1, 0.15) is 0 Å². The van der Waals surface area contributed by atoms with Crippen LogP contribution < -0.4 is 0 Å². The molecule has 0 saturated carbocycles. The van der Waals surface area contributed by atoms with Crippen LogP contribution in [-0.4, -0.2) is 50.5 Å². The van der Waals surface area contributed by atoms with Crippen molar-refractivity contribution in [2.24, 2.45) is 0 Å². The Morgan fingerprint density at radius 2 is 0.623 bits per heavy atom. The summed E-state index contributed by atoms with van der Waals surface area (Å²) in [5.41, 5.74) is -5.75. The van der Waals surface area contributed by atoms with Crippen molar-refractivity contribution in [2.45, 2.75) is 250 Å². The van der Waals surface area contributed by atoms with E-state index in [0.29, 0.717) is 19.3 Å². The minimum atomic E-state index is -2.93. The quantitative estimate of drug-likeness (QED) is 0.0326. The fourth-order valence-electron chi connectivity index (χ4n) is 7.19. The predicted octanol–water partition coefficient (Wildman–Crippen LogP) is 12.6. The van der Waals surface area contributed by atoms with Gasteiger partial charge in [0.25, 0.3) is 0 Å². The molecule has 3 N–H and O–H groups in total. The number of ketones is 3. The van der Waals surface area contributed by atoms with E-state index >= 15 is 0 Å². The van der Waals surface area contributed by atoms with Crippen molar-refractivity contribution in [3.63, 3.8) is 0 Å². The molecule has 0 aliphatic carbocycles. The fraction of sp³-hybridized carbons (Fsp3) is 0.851. The Kier molecular flexibility index (Phi) is 34.9. The van der Waals surface area contributed by atoms with Gasteiger partial charge in [0.2, 0.25) is 5.60 Å². The minimum absolute atomic E-state index is 0.0928. The van der Waals surface area contributed by atoms with Crippen LogP contribution in [0.5, 0.6) is 0 Å². The third kappa shape index (κ3) is 24.5. The average molecular weight is 747 g/mol. The van der Waals surface area contributed by atoms with Gasteiger partial charge in [-0.05, 0) is 70.6 Å². The molecule has 0 heterocycles. The summed E-state index contributed by atoms with van der Waals surface area (Å²) in [5.74, 6) is -2.51. The highest BCUT2D eigenvalue weighted by atomic mass is 16.4. The van der Waals surface area contributed by atoms with E-state index < -0.39 is 35.2 Å². The molecule has 0 aromatic heterocycles. The highest BCUT2D eigenvalue weighted by Crippen LogP contribution is 2.32. The normalized spacial score (nSPS) is 13.3. The number of unbranched alkanes of at least 4 members (excludes halogenated alkanes) is 26. The van der Waals surface area contributed by atoms with Crippen molar-refractivity contribution in [3.8, 4) is 0 Å². The zero-order chi connectivity index (χ0) is 39.3. The second-order valence-corrected chi connectivity index (χ2v) is 15.8. The van der Waals surface area contributed by atoms with Gasteiger partial charge in [0, 0.05) is 19.3 Å². The smallest absolute Gasteiger partial charge is 0.219 e. The van der Waals surface area contributed by atoms with E-state index in [2.05, 4.69) is 45.1 Å². The number of hydrogen-bond donors (Lipinski definition) is 3. The number of allylic oxidation sites excluding steroid dienone is 4. The Bertz CT molecular complexity index is 887. The molecular weight excluding hydrogens is 661 g/mol. The summed E-state index contributed by atoms with van der Waals surface area (Å²) in [6.07, 6.45) is 41.7. The first-order valence-corrected chi connectivity index (χ1v) is 22.7. The Morgan fingerprint density at radius 1 is 0.377 bits per heavy atom. The van der Waals surface area contributed by atoms with E-state index in [1.165, 1.54) is 77.0 Å². The third-order valence-corrected chi connectivity index (χ3v) is 10.9. The van der Waals surface area contributed by atoms with Crippen LogP contribution in [0.15, 0.2) is 24.3 Å². The molecule has 0 bridgehead atoms. The largest absolute Gasteiger partial charge is 0.393 e. The topological polar surface area (TPSA) is 112 Å². The Morgan fingerprint density at radius 3 is 0.906 bits per heavy atom. The molecule has 0 fully saturated rings. The molecule has 310 valence electrons. The molecule has 0 spiro atoms. The van der Waals surface area contributed by atoms with E-state index in [1.54, 1.807) is 0 Å². The average Bonchev–Trinajstić information content (AvgIpc) is 3.16. The van der Waals surface area contributed by atoms with Crippen molar-refractivity contribution in [1.82, 2.24) is 0 Å². The maximum atomic E-state index is 13.6. The summed E-state index contributed by atoms with van der Waals surface area (Å²) >= 11 is 0. The Labute approximate surface area is 327 Å². The molecule has 0 rings (SSSR count). The van der Waals surface area contributed by atoms with Crippen LogP contribution in [0.3, 0.4) is 0 Å². The zero-order valence-electron chi connectivity index (χ0n) is 35.1. The second-order valence-electron chi connectivity index (χ2n) is 15.8. The molecule has 53 heavy (non-hydrogen) atoms. The Hall–Kier alpha value is -1.63. The number of aliphatic hydroxyl groups excluding tert-OH is 1. The fourth-order valence-corrected chi connectivity index (χ4v) is 7.19. The lowest BCUT2D eigenvalue weighted by molar-refractivity contribution is -0.194. The number of rotatable bonds is 41. The highest BCUT2D eigenvalue weighted by Gasteiger charge is 2.62. The molecule has 1 atom stereocenters. The highest BCUT2D eigenvalue weighted by molar-refractivity contribution is 6.16. The van der Waals surface area contributed by atoms with Crippen molar-refractivity contribution in [2.75, 3.05) is 6.61 Å². The lowest BCUT2D eigenvalue weighted by atomic mass is 9.71. The van der Waals surface area contributed by atoms with E-state index in [9.17, 15) is 29.7 Å². The first kappa shape index (κ1) is 51.4. The SMILES string of the molecule is CCCCCCCC/C=C\CCCCCCCC(=O)C(O)(C(=O)CCCCCCC/C=C\CCCCCCCC)C(O)(CO)C(=O)CCCCCCC. The van der Waals surface area contributed by atoms with E-state index in [4.69, 9.17) is 0 Å². The summed E-state index contributed by atoms with van der Waals surface area (Å²) in [6.45, 7) is 5.42. The molecule has 1 unspecified atom stereocenters. The molecule has 6 heteroatoms. The van der Waals surface area contributed by atoms with Gasteiger partial charge in [0.05, 0.1) is 6.61 Å². The van der Waals surface area contributed by atoms with Crippen LogP contribution in [0.25, 0.3) is 0 Å². The predicted molar refractivity (Wildman–Crippen MR) is 224 cm³/mol. The molecule has 0 amide bonds. The first-order valence-electron chi connectivity index (χ1n) is 22.7. The minimum Gasteiger partial charge on any atom is -0.393 e. The standard InChI is InChI=1S/C47H86O6/c1-4-7-10-13-15-17-19-21-23-25-27-29-31-34-37-40-44(50)47(53,46(52,42-48)43(49)39-36-33-12-9-6-3)45(51)41-38-35-32-30-28-26-24-22-20-18-16-14-11-8-5-2/h21-24,48,52-53H,4-20,25-42H2,1-3H3/b23-21-,24-22-. The number of hydrogen-bond acceptors (Lipinski definition) is 6. The van der Waals surface area contributed by atoms with Crippen LogP contribution in [0.4, 0.5) is 0 Å². The van der Waals surface area contributed by atoms with Crippen molar-refractivity contribution < 1.29 is 29.7 Å². The first-order chi connectivity index (χ1) is 25.8. The van der Waals surface area contributed by atoms with Gasteiger partial charge in [-0.3, -0.25) is 14.4 Å². The number of Topliss-reactive ketones (excluding diaryl/α,β-unsaturated/α-hetero) is 3. The van der Waals surface area contributed by atoms with Crippen molar-refractivity contribution >= 4 is 17.3 Å². The lowest BCUT2D eigenvalue weighted by Gasteiger charge is -2.39. The van der Waals surface area contributed by atoms with Gasteiger partial charge >= 0.3 is 0 Å². The number of aliphatic hydroxyl groups is 3. The number of carbonyl (C=O) groups excluding carboxylic acids is 3. The van der Waals surface area contributed by atoms with E-state index in [-0.39, 0.29) is 19.3 Å². The molecule has 0 radical (unpaired) electrons. The maximum absolute atomic E-state index is 13.6. The number of carbonyl (C=O) groups is 3. The molecule has 0 saturated heterocycles. The monoisotopic (exact) mass is 747 g/mol. The van der Waals surface area contributed by atoms with Crippen LogP contribution in [-0.2, 0) is 14.4 Å². The second kappa shape index (κ2) is 36.0. The summed E-state index contributed by atoms with van der Waals surface area (Å²) in [5, 5.41) is 33.6. The van der Waals surface area contributed by atoms with Crippen LogP contribution >= 0.6 is 0 Å². The van der Waals surface area contributed by atoms with Crippen molar-refractivity contribution in [1.29, 1.82) is 0 Å². The van der Waals surface area contributed by atoms with Crippen LogP contribution in [0, 0.1) is 0 Å². The van der Waals surface area contributed by atoms with Crippen LogP contribution in [0.2, 0.25) is 0 Å². The van der Waals surface area contributed by atoms with Gasteiger partial charge in [-0.25, -0.2) is 0 Å². The van der Waals surface area contributed by atoms with Gasteiger partial charge in [0.15, 0.2) is 23.0 Å². The summed E-state index contributed by atoms with van der Waals surface area (Å²) < 4.78 is 0. The lowest BCUT2D eigenvalue weighted by Crippen LogP contribution is -2.69. The van der Waals surface area contributed by atoms with Gasteiger partial charge in [-0.15, -0.1) is 0 Å². The van der Waals surface area contributed by atoms with Gasteiger partial charge in [-0.2, -0.15) is 0 Å². The molecular formula is C47H86O6. The summed E-state index contributed by atoms with van der Waals surface area (Å²) in [6, 6.07) is 0. The zero-order valence-corrected chi connectivity index (χ0v) is 35.1. The summed E-state index contributed by atoms with van der Waals surface area (Å²) in [4.78, 5) is 40.6. The molecule has 0 aromatic carbocycles. The molecule has 0 aliphatic heterocycles.